The quantitative estimate of drug-likeness (QED) is 0.830. The SMILES string of the molecule is Cc1cc(/C(N)=C(/C#N)c2ccccc2)sc1C. The second kappa shape index (κ2) is 5.07. The second-order valence-electron chi connectivity index (χ2n) is 4.12. The van der Waals surface area contributed by atoms with Crippen LogP contribution in [0.3, 0.4) is 0 Å². The summed E-state index contributed by atoms with van der Waals surface area (Å²) in [5.41, 5.74) is 9.30. The average molecular weight is 254 g/mol. The number of nitrogens with two attached hydrogens (primary N) is 1. The zero-order chi connectivity index (χ0) is 13.1. The number of aryl methyl sites for hydroxylation is 2. The molecule has 0 aliphatic heterocycles. The monoisotopic (exact) mass is 254 g/mol. The topological polar surface area (TPSA) is 49.8 Å². The van der Waals surface area contributed by atoms with E-state index in [2.05, 4.69) is 19.9 Å². The van der Waals surface area contributed by atoms with Crippen molar-refractivity contribution in [2.45, 2.75) is 13.8 Å². The summed E-state index contributed by atoms with van der Waals surface area (Å²) in [6.45, 7) is 4.11. The lowest BCUT2D eigenvalue weighted by molar-refractivity contribution is 1.43. The van der Waals surface area contributed by atoms with Gasteiger partial charge in [0.15, 0.2) is 0 Å². The van der Waals surface area contributed by atoms with Gasteiger partial charge in [-0.15, -0.1) is 11.3 Å². The molecular weight excluding hydrogens is 240 g/mol. The summed E-state index contributed by atoms with van der Waals surface area (Å²) in [4.78, 5) is 2.20. The van der Waals surface area contributed by atoms with Gasteiger partial charge in [0.2, 0.25) is 0 Å². The number of benzene rings is 1. The Bertz CT molecular complexity index is 611. The van der Waals surface area contributed by atoms with Crippen LogP contribution in [0, 0.1) is 25.2 Å². The van der Waals surface area contributed by atoms with Crippen LogP contribution >= 0.6 is 11.3 Å². The van der Waals surface area contributed by atoms with Crippen LogP contribution in [0.1, 0.15) is 20.9 Å². The van der Waals surface area contributed by atoms with E-state index in [1.54, 1.807) is 11.3 Å². The van der Waals surface area contributed by atoms with Crippen molar-refractivity contribution < 1.29 is 0 Å². The second-order valence-corrected chi connectivity index (χ2v) is 5.37. The first-order valence-electron chi connectivity index (χ1n) is 5.66. The third-order valence-corrected chi connectivity index (χ3v) is 4.06. The molecule has 0 saturated heterocycles. The molecule has 0 saturated carbocycles. The molecule has 0 radical (unpaired) electrons. The molecule has 3 heteroatoms. The van der Waals surface area contributed by atoms with Crippen molar-refractivity contribution in [2.24, 2.45) is 5.73 Å². The van der Waals surface area contributed by atoms with Crippen LogP contribution in [0.4, 0.5) is 0 Å². The van der Waals surface area contributed by atoms with Crippen molar-refractivity contribution in [3.63, 3.8) is 0 Å². The Morgan fingerprint density at radius 1 is 1.22 bits per heavy atom. The van der Waals surface area contributed by atoms with Crippen LogP contribution in [0.25, 0.3) is 11.3 Å². The van der Waals surface area contributed by atoms with Crippen molar-refractivity contribution in [1.29, 1.82) is 5.26 Å². The number of hydrogen-bond acceptors (Lipinski definition) is 3. The minimum absolute atomic E-state index is 0.539. The van der Waals surface area contributed by atoms with Gasteiger partial charge in [0.25, 0.3) is 0 Å². The van der Waals surface area contributed by atoms with E-state index >= 15 is 0 Å². The highest BCUT2D eigenvalue weighted by atomic mass is 32.1. The molecule has 0 aliphatic carbocycles. The fourth-order valence-electron chi connectivity index (χ4n) is 1.71. The highest BCUT2D eigenvalue weighted by Crippen LogP contribution is 2.29. The molecule has 0 spiro atoms. The van der Waals surface area contributed by atoms with Crippen molar-refractivity contribution in [3.05, 3.63) is 57.3 Å². The summed E-state index contributed by atoms with van der Waals surface area (Å²) in [5.74, 6) is 0. The molecular formula is C15H14N2S. The largest absolute Gasteiger partial charge is 0.396 e. The van der Waals surface area contributed by atoms with Crippen molar-refractivity contribution in [3.8, 4) is 6.07 Å². The summed E-state index contributed by atoms with van der Waals surface area (Å²) in [6.07, 6.45) is 0. The van der Waals surface area contributed by atoms with Crippen LogP contribution in [0.15, 0.2) is 36.4 Å². The summed E-state index contributed by atoms with van der Waals surface area (Å²) in [5, 5.41) is 9.30. The van der Waals surface area contributed by atoms with Crippen molar-refractivity contribution in [2.75, 3.05) is 0 Å². The van der Waals surface area contributed by atoms with Crippen LogP contribution in [0.5, 0.6) is 0 Å². The van der Waals surface area contributed by atoms with E-state index in [-0.39, 0.29) is 0 Å². The third-order valence-electron chi connectivity index (χ3n) is 2.88. The average Bonchev–Trinajstić information content (AvgIpc) is 2.72. The maximum Gasteiger partial charge on any atom is 0.102 e. The van der Waals surface area contributed by atoms with E-state index < -0.39 is 0 Å². The van der Waals surface area contributed by atoms with Crippen molar-refractivity contribution >= 4 is 22.6 Å². The molecule has 0 atom stereocenters. The zero-order valence-electron chi connectivity index (χ0n) is 10.4. The number of nitriles is 1. The standard InChI is InChI=1S/C15H14N2S/c1-10-8-14(18-11(10)2)15(17)13(9-16)12-6-4-3-5-7-12/h3-8H,17H2,1-2H3/b15-13+. The van der Waals surface area contributed by atoms with Gasteiger partial charge in [-0.3, -0.25) is 0 Å². The Balaban J connectivity index is 2.55. The van der Waals surface area contributed by atoms with Gasteiger partial charge in [0, 0.05) is 4.88 Å². The maximum absolute atomic E-state index is 9.30. The Morgan fingerprint density at radius 3 is 2.39 bits per heavy atom. The minimum atomic E-state index is 0.539. The van der Waals surface area contributed by atoms with Gasteiger partial charge in [-0.1, -0.05) is 30.3 Å². The highest BCUT2D eigenvalue weighted by Gasteiger charge is 2.11. The van der Waals surface area contributed by atoms with Crippen LogP contribution in [0.2, 0.25) is 0 Å². The van der Waals surface area contributed by atoms with Crippen LogP contribution in [-0.2, 0) is 0 Å². The molecule has 2 N–H and O–H groups in total. The smallest absolute Gasteiger partial charge is 0.102 e. The molecule has 0 bridgehead atoms. The van der Waals surface area contributed by atoms with Crippen LogP contribution in [-0.4, -0.2) is 0 Å². The number of nitrogens with zero attached hydrogens (tertiary/aromatic N) is 1. The van der Waals surface area contributed by atoms with E-state index in [1.807, 2.05) is 36.4 Å². The van der Waals surface area contributed by atoms with E-state index in [9.17, 15) is 5.26 Å². The molecule has 0 amide bonds. The minimum Gasteiger partial charge on any atom is -0.396 e. The highest BCUT2D eigenvalue weighted by molar-refractivity contribution is 7.13. The van der Waals surface area contributed by atoms with Gasteiger partial charge in [-0.25, -0.2) is 0 Å². The third kappa shape index (κ3) is 2.29. The molecule has 0 unspecified atom stereocenters. The Labute approximate surface area is 111 Å². The Morgan fingerprint density at radius 2 is 1.89 bits per heavy atom. The van der Waals surface area contributed by atoms with E-state index in [4.69, 9.17) is 5.73 Å². The number of rotatable bonds is 2. The molecule has 2 rings (SSSR count). The lowest BCUT2D eigenvalue weighted by Crippen LogP contribution is -1.98. The lowest BCUT2D eigenvalue weighted by atomic mass is 10.0. The Hall–Kier alpha value is -2.05. The molecule has 2 aromatic rings. The fraction of sp³-hybridized carbons (Fsp3) is 0.133. The van der Waals surface area contributed by atoms with Gasteiger partial charge in [-0.2, -0.15) is 5.26 Å². The fourth-order valence-corrected chi connectivity index (χ4v) is 2.71. The van der Waals surface area contributed by atoms with Crippen LogP contribution < -0.4 is 5.73 Å². The summed E-state index contributed by atoms with van der Waals surface area (Å²) in [6, 6.07) is 13.8. The lowest BCUT2D eigenvalue weighted by Gasteiger charge is -2.03. The number of hydrogen-bond donors (Lipinski definition) is 1. The predicted octanol–water partition coefficient (Wildman–Crippen LogP) is 3.72. The molecule has 2 nitrogen and oxygen atoms in total. The van der Waals surface area contributed by atoms with Gasteiger partial charge >= 0.3 is 0 Å². The van der Waals surface area contributed by atoms with Crippen molar-refractivity contribution in [1.82, 2.24) is 0 Å². The molecule has 1 aromatic carbocycles. The number of thiophene rings is 1. The van der Waals surface area contributed by atoms with Gasteiger partial charge in [0.05, 0.1) is 16.1 Å². The molecule has 1 heterocycles. The summed E-state index contributed by atoms with van der Waals surface area (Å²) in [7, 11) is 0. The molecule has 0 aliphatic rings. The summed E-state index contributed by atoms with van der Waals surface area (Å²) < 4.78 is 0. The van der Waals surface area contributed by atoms with E-state index in [1.165, 1.54) is 10.4 Å². The first kappa shape index (κ1) is 12.4. The maximum atomic E-state index is 9.30. The first-order chi connectivity index (χ1) is 8.63. The molecule has 0 fully saturated rings. The first-order valence-corrected chi connectivity index (χ1v) is 6.48. The zero-order valence-corrected chi connectivity index (χ0v) is 11.2. The van der Waals surface area contributed by atoms with Gasteiger partial charge in [-0.05, 0) is 31.0 Å². The van der Waals surface area contributed by atoms with E-state index in [0.29, 0.717) is 11.3 Å². The number of allylic oxidation sites excluding steroid dienone is 1. The molecule has 1 aromatic heterocycles. The Kier molecular flexibility index (Phi) is 3.50. The summed E-state index contributed by atoms with van der Waals surface area (Å²) >= 11 is 1.63. The molecule has 18 heavy (non-hydrogen) atoms. The van der Waals surface area contributed by atoms with Gasteiger partial charge < -0.3 is 5.73 Å². The van der Waals surface area contributed by atoms with E-state index in [0.717, 1.165) is 10.4 Å². The molecule has 90 valence electrons. The van der Waals surface area contributed by atoms with Gasteiger partial charge in [0.1, 0.15) is 6.07 Å². The predicted molar refractivity (Wildman–Crippen MR) is 76.8 cm³/mol. The normalized spacial score (nSPS) is 11.8.